The van der Waals surface area contributed by atoms with Crippen molar-refractivity contribution in [3.63, 3.8) is 0 Å². The predicted molar refractivity (Wildman–Crippen MR) is 90.4 cm³/mol. The largest absolute Gasteiger partial charge is 0.353 e. The quantitative estimate of drug-likeness (QED) is 0.943. The number of aromatic nitrogens is 1. The van der Waals surface area contributed by atoms with Crippen LogP contribution in [0.5, 0.6) is 0 Å². The number of hydrogen-bond acceptors (Lipinski definition) is 4. The fraction of sp³-hybridized carbons (Fsp3) is 0.412. The molecule has 1 aliphatic heterocycles. The smallest absolute Gasteiger partial charge is 0.224 e. The summed E-state index contributed by atoms with van der Waals surface area (Å²) in [5.74, 6) is 0.123. The van der Waals surface area contributed by atoms with Crippen LogP contribution < -0.4 is 10.2 Å². The van der Waals surface area contributed by atoms with Crippen LogP contribution in [0, 0.1) is 6.92 Å². The zero-order chi connectivity index (χ0) is 15.4. The molecule has 1 amide bonds. The summed E-state index contributed by atoms with van der Waals surface area (Å²) in [4.78, 5) is 18.8. The second-order valence-corrected chi connectivity index (χ2v) is 6.68. The van der Waals surface area contributed by atoms with Crippen LogP contribution in [0.4, 0.5) is 5.13 Å². The van der Waals surface area contributed by atoms with Gasteiger partial charge in [0.1, 0.15) is 0 Å². The van der Waals surface area contributed by atoms with Gasteiger partial charge < -0.3 is 10.2 Å². The van der Waals surface area contributed by atoms with Crippen molar-refractivity contribution in [3.05, 3.63) is 47.0 Å². The van der Waals surface area contributed by atoms with Crippen molar-refractivity contribution in [2.75, 3.05) is 18.0 Å². The highest BCUT2D eigenvalue weighted by atomic mass is 32.1. The first-order valence-electron chi connectivity index (χ1n) is 7.70. The monoisotopic (exact) mass is 315 g/mol. The first-order valence-corrected chi connectivity index (χ1v) is 8.58. The van der Waals surface area contributed by atoms with Gasteiger partial charge in [0.05, 0.1) is 6.42 Å². The average molecular weight is 315 g/mol. The summed E-state index contributed by atoms with van der Waals surface area (Å²) in [6, 6.07) is 8.43. The summed E-state index contributed by atoms with van der Waals surface area (Å²) in [5.41, 5.74) is 2.28. The molecule has 0 atom stereocenters. The Morgan fingerprint density at radius 2 is 2.23 bits per heavy atom. The number of piperidine rings is 1. The Hall–Kier alpha value is -1.88. The molecule has 1 aliphatic rings. The lowest BCUT2D eigenvalue weighted by atomic mass is 10.0. The number of hydrogen-bond donors (Lipinski definition) is 1. The lowest BCUT2D eigenvalue weighted by Gasteiger charge is -2.32. The predicted octanol–water partition coefficient (Wildman–Crippen LogP) is 2.78. The number of nitrogens with one attached hydrogen (secondary N) is 1. The number of aryl methyl sites for hydroxylation is 1. The highest BCUT2D eigenvalue weighted by Gasteiger charge is 2.21. The van der Waals surface area contributed by atoms with Gasteiger partial charge in [-0.25, -0.2) is 4.98 Å². The lowest BCUT2D eigenvalue weighted by molar-refractivity contribution is -0.121. The zero-order valence-electron chi connectivity index (χ0n) is 12.8. The van der Waals surface area contributed by atoms with Gasteiger partial charge in [0.2, 0.25) is 5.91 Å². The fourth-order valence-electron chi connectivity index (χ4n) is 2.87. The highest BCUT2D eigenvalue weighted by Crippen LogP contribution is 2.22. The van der Waals surface area contributed by atoms with Crippen molar-refractivity contribution in [1.82, 2.24) is 10.3 Å². The van der Waals surface area contributed by atoms with Crippen LogP contribution in [0.2, 0.25) is 0 Å². The van der Waals surface area contributed by atoms with Crippen molar-refractivity contribution in [2.24, 2.45) is 0 Å². The van der Waals surface area contributed by atoms with Crippen molar-refractivity contribution in [1.29, 1.82) is 0 Å². The molecule has 5 heteroatoms. The molecule has 0 unspecified atom stereocenters. The van der Waals surface area contributed by atoms with Crippen LogP contribution in [-0.4, -0.2) is 30.0 Å². The van der Waals surface area contributed by atoms with Gasteiger partial charge >= 0.3 is 0 Å². The minimum Gasteiger partial charge on any atom is -0.353 e. The van der Waals surface area contributed by atoms with E-state index in [1.807, 2.05) is 23.7 Å². The van der Waals surface area contributed by atoms with Crippen molar-refractivity contribution >= 4 is 22.4 Å². The van der Waals surface area contributed by atoms with E-state index in [1.54, 1.807) is 11.3 Å². The number of rotatable bonds is 4. The van der Waals surface area contributed by atoms with Crippen LogP contribution in [0.3, 0.4) is 0 Å². The zero-order valence-corrected chi connectivity index (χ0v) is 13.6. The summed E-state index contributed by atoms with van der Waals surface area (Å²) >= 11 is 1.68. The van der Waals surface area contributed by atoms with Gasteiger partial charge in [-0.15, -0.1) is 11.3 Å². The molecule has 1 saturated heterocycles. The van der Waals surface area contributed by atoms with Crippen molar-refractivity contribution in [3.8, 4) is 0 Å². The molecule has 22 heavy (non-hydrogen) atoms. The van der Waals surface area contributed by atoms with E-state index in [0.717, 1.165) is 36.6 Å². The number of nitrogens with zero attached hydrogens (tertiary/aromatic N) is 2. The maximum atomic E-state index is 12.2. The average Bonchev–Trinajstić information content (AvgIpc) is 3.02. The molecule has 0 aliphatic carbocycles. The van der Waals surface area contributed by atoms with Gasteiger partial charge in [0.25, 0.3) is 0 Å². The first-order chi connectivity index (χ1) is 10.7. The second-order valence-electron chi connectivity index (χ2n) is 5.81. The normalized spacial score (nSPS) is 15.8. The molecule has 1 N–H and O–H groups in total. The lowest BCUT2D eigenvalue weighted by Crippen LogP contribution is -2.45. The van der Waals surface area contributed by atoms with E-state index < -0.39 is 0 Å². The molecule has 2 aromatic rings. The van der Waals surface area contributed by atoms with Crippen LogP contribution in [0.1, 0.15) is 24.0 Å². The van der Waals surface area contributed by atoms with Crippen LogP contribution in [0.15, 0.2) is 35.8 Å². The minimum absolute atomic E-state index is 0.123. The van der Waals surface area contributed by atoms with Crippen molar-refractivity contribution < 1.29 is 4.79 Å². The molecule has 1 aromatic heterocycles. The topological polar surface area (TPSA) is 45.2 Å². The molecule has 0 radical (unpaired) electrons. The maximum Gasteiger partial charge on any atom is 0.224 e. The van der Waals surface area contributed by atoms with Crippen LogP contribution in [-0.2, 0) is 11.2 Å². The Bertz CT molecular complexity index is 619. The third-order valence-corrected chi connectivity index (χ3v) is 4.83. The molecular formula is C17H21N3OS. The number of amides is 1. The van der Waals surface area contributed by atoms with E-state index in [4.69, 9.17) is 0 Å². The highest BCUT2D eigenvalue weighted by molar-refractivity contribution is 7.13. The summed E-state index contributed by atoms with van der Waals surface area (Å²) < 4.78 is 0. The van der Waals surface area contributed by atoms with E-state index in [1.165, 1.54) is 5.56 Å². The summed E-state index contributed by atoms with van der Waals surface area (Å²) in [6.07, 6.45) is 4.28. The number of carbonyl (C=O) groups excluding carboxylic acids is 1. The maximum absolute atomic E-state index is 12.2. The van der Waals surface area contributed by atoms with Gasteiger partial charge in [-0.3, -0.25) is 4.79 Å². The summed E-state index contributed by atoms with van der Waals surface area (Å²) in [6.45, 7) is 3.97. The SMILES string of the molecule is Cc1cccc(CC(=O)NC2CCN(c3nccs3)CC2)c1. The number of carbonyl (C=O) groups is 1. The molecule has 1 aromatic carbocycles. The number of benzene rings is 1. The van der Waals surface area contributed by atoms with Crippen LogP contribution >= 0.6 is 11.3 Å². The van der Waals surface area contributed by atoms with Gasteiger partial charge in [-0.05, 0) is 25.3 Å². The third kappa shape index (κ3) is 3.85. The van der Waals surface area contributed by atoms with Gasteiger partial charge in [-0.2, -0.15) is 0 Å². The molecule has 4 nitrogen and oxygen atoms in total. The van der Waals surface area contributed by atoms with Crippen LogP contribution in [0.25, 0.3) is 0 Å². The van der Waals surface area contributed by atoms with Gasteiger partial charge in [-0.1, -0.05) is 29.8 Å². The number of anilines is 1. The van der Waals surface area contributed by atoms with E-state index >= 15 is 0 Å². The summed E-state index contributed by atoms with van der Waals surface area (Å²) in [5, 5.41) is 6.26. The summed E-state index contributed by atoms with van der Waals surface area (Å²) in [7, 11) is 0. The third-order valence-electron chi connectivity index (χ3n) is 4.00. The first kappa shape index (κ1) is 15.0. The molecule has 0 spiro atoms. The van der Waals surface area contributed by atoms with Gasteiger partial charge in [0.15, 0.2) is 5.13 Å². The van der Waals surface area contributed by atoms with Gasteiger partial charge in [0, 0.05) is 30.7 Å². The second kappa shape index (κ2) is 6.92. The molecule has 0 bridgehead atoms. The standard InChI is InChI=1S/C17H21N3OS/c1-13-3-2-4-14(11-13)12-16(21)19-15-5-8-20(9-6-15)17-18-7-10-22-17/h2-4,7,10-11,15H,5-6,8-9,12H2,1H3,(H,19,21). The molecule has 116 valence electrons. The molecular weight excluding hydrogens is 294 g/mol. The molecule has 3 rings (SSSR count). The Balaban J connectivity index is 1.47. The Morgan fingerprint density at radius 1 is 1.41 bits per heavy atom. The Kier molecular flexibility index (Phi) is 4.73. The fourth-order valence-corrected chi connectivity index (χ4v) is 3.57. The van der Waals surface area contributed by atoms with E-state index in [-0.39, 0.29) is 11.9 Å². The van der Waals surface area contributed by atoms with E-state index in [0.29, 0.717) is 6.42 Å². The number of thiazole rings is 1. The molecule has 1 fully saturated rings. The Morgan fingerprint density at radius 3 is 2.91 bits per heavy atom. The van der Waals surface area contributed by atoms with E-state index in [9.17, 15) is 4.79 Å². The minimum atomic E-state index is 0.123. The molecule has 0 saturated carbocycles. The van der Waals surface area contributed by atoms with Crippen molar-refractivity contribution in [2.45, 2.75) is 32.2 Å². The molecule has 2 heterocycles. The Labute approximate surface area is 135 Å². The van der Waals surface area contributed by atoms with E-state index in [2.05, 4.69) is 34.3 Å².